The second-order valence-corrected chi connectivity index (χ2v) is 5.53. The van der Waals surface area contributed by atoms with Crippen LogP contribution in [-0.2, 0) is 0 Å². The van der Waals surface area contributed by atoms with E-state index >= 15 is 0 Å². The summed E-state index contributed by atoms with van der Waals surface area (Å²) in [5.41, 5.74) is 7.83. The summed E-state index contributed by atoms with van der Waals surface area (Å²) in [4.78, 5) is 4.54. The first-order valence-electron chi connectivity index (χ1n) is 5.87. The molecule has 0 aliphatic heterocycles. The van der Waals surface area contributed by atoms with E-state index in [1.807, 2.05) is 19.1 Å². The zero-order valence-corrected chi connectivity index (χ0v) is 11.5. The van der Waals surface area contributed by atoms with Gasteiger partial charge in [0, 0.05) is 21.7 Å². The molecule has 1 saturated carbocycles. The van der Waals surface area contributed by atoms with Crippen LogP contribution in [0, 0.1) is 6.92 Å². The van der Waals surface area contributed by atoms with Crippen LogP contribution in [0.4, 0.5) is 5.82 Å². The summed E-state index contributed by atoms with van der Waals surface area (Å²) in [6.07, 6.45) is 2.36. The molecule has 0 saturated heterocycles. The van der Waals surface area contributed by atoms with Crippen molar-refractivity contribution in [2.45, 2.75) is 25.8 Å². The molecule has 2 N–H and O–H groups in total. The number of imidazole rings is 1. The highest BCUT2D eigenvalue weighted by Gasteiger charge is 2.28. The Morgan fingerprint density at radius 1 is 1.22 bits per heavy atom. The minimum absolute atomic E-state index is 0.515. The van der Waals surface area contributed by atoms with Crippen LogP contribution in [-0.4, -0.2) is 9.55 Å². The minimum atomic E-state index is 0.515. The average molecular weight is 282 g/mol. The normalized spacial score (nSPS) is 15.1. The van der Waals surface area contributed by atoms with Crippen molar-refractivity contribution >= 4 is 29.0 Å². The fourth-order valence-corrected chi connectivity index (χ4v) is 2.78. The topological polar surface area (TPSA) is 43.8 Å². The first-order valence-corrected chi connectivity index (χ1v) is 6.62. The standard InChI is InChI=1S/C13H13Cl2N3/c1-7-17-12(13(16)18(7)11-2-3-11)8-4-9(14)6-10(15)5-8/h4-6,11H,2-3,16H2,1H3. The number of nitrogens with two attached hydrogens (primary N) is 1. The van der Waals surface area contributed by atoms with E-state index in [1.54, 1.807) is 6.07 Å². The van der Waals surface area contributed by atoms with Gasteiger partial charge in [-0.2, -0.15) is 0 Å². The summed E-state index contributed by atoms with van der Waals surface area (Å²) in [6.45, 7) is 1.98. The molecule has 0 atom stereocenters. The van der Waals surface area contributed by atoms with Crippen LogP contribution in [0.15, 0.2) is 18.2 Å². The Morgan fingerprint density at radius 2 is 1.83 bits per heavy atom. The molecule has 1 aromatic heterocycles. The van der Waals surface area contributed by atoms with Gasteiger partial charge in [0.1, 0.15) is 17.3 Å². The highest BCUT2D eigenvalue weighted by atomic mass is 35.5. The lowest BCUT2D eigenvalue weighted by molar-refractivity contribution is 0.720. The Morgan fingerprint density at radius 3 is 2.39 bits per heavy atom. The maximum atomic E-state index is 6.19. The van der Waals surface area contributed by atoms with Gasteiger partial charge >= 0.3 is 0 Å². The van der Waals surface area contributed by atoms with Gasteiger partial charge in [-0.25, -0.2) is 4.98 Å². The molecule has 2 aromatic rings. The molecule has 1 aliphatic carbocycles. The largest absolute Gasteiger partial charge is 0.383 e. The zero-order valence-electron chi connectivity index (χ0n) is 9.95. The number of halogens is 2. The van der Waals surface area contributed by atoms with Gasteiger partial charge in [-0.15, -0.1) is 0 Å². The molecule has 0 amide bonds. The first kappa shape index (κ1) is 11.9. The van der Waals surface area contributed by atoms with Crippen LogP contribution in [0.3, 0.4) is 0 Å². The van der Waals surface area contributed by atoms with Crippen molar-refractivity contribution in [2.75, 3.05) is 5.73 Å². The molecule has 0 radical (unpaired) electrons. The first-order chi connectivity index (χ1) is 8.56. The van der Waals surface area contributed by atoms with E-state index < -0.39 is 0 Å². The van der Waals surface area contributed by atoms with E-state index in [4.69, 9.17) is 28.9 Å². The van der Waals surface area contributed by atoms with Crippen molar-refractivity contribution in [3.05, 3.63) is 34.1 Å². The van der Waals surface area contributed by atoms with Gasteiger partial charge in [-0.1, -0.05) is 23.2 Å². The summed E-state index contributed by atoms with van der Waals surface area (Å²) < 4.78 is 2.10. The van der Waals surface area contributed by atoms with E-state index in [1.165, 1.54) is 12.8 Å². The van der Waals surface area contributed by atoms with E-state index in [0.29, 0.717) is 21.9 Å². The molecule has 94 valence electrons. The molecule has 1 heterocycles. The predicted octanol–water partition coefficient (Wildman–Crippen LogP) is 4.08. The van der Waals surface area contributed by atoms with E-state index in [-0.39, 0.29) is 0 Å². The number of hydrogen-bond acceptors (Lipinski definition) is 2. The third-order valence-electron chi connectivity index (χ3n) is 3.17. The summed E-state index contributed by atoms with van der Waals surface area (Å²) in [5, 5.41) is 1.19. The number of nitrogen functional groups attached to an aromatic ring is 1. The SMILES string of the molecule is Cc1nc(-c2cc(Cl)cc(Cl)c2)c(N)n1C1CC1. The summed E-state index contributed by atoms with van der Waals surface area (Å²) in [5.74, 6) is 1.65. The quantitative estimate of drug-likeness (QED) is 0.901. The van der Waals surface area contributed by atoms with Gasteiger partial charge < -0.3 is 10.3 Å². The maximum Gasteiger partial charge on any atom is 0.131 e. The second-order valence-electron chi connectivity index (χ2n) is 4.65. The molecule has 5 heteroatoms. The summed E-state index contributed by atoms with van der Waals surface area (Å²) >= 11 is 12.0. The molecule has 0 unspecified atom stereocenters. The Labute approximate surface area is 116 Å². The van der Waals surface area contributed by atoms with Crippen molar-refractivity contribution in [1.82, 2.24) is 9.55 Å². The number of rotatable bonds is 2. The Balaban J connectivity index is 2.14. The lowest BCUT2D eigenvalue weighted by atomic mass is 10.1. The third kappa shape index (κ3) is 1.98. The number of aryl methyl sites for hydroxylation is 1. The molecular weight excluding hydrogens is 269 g/mol. The van der Waals surface area contributed by atoms with Crippen molar-refractivity contribution in [1.29, 1.82) is 0 Å². The molecule has 18 heavy (non-hydrogen) atoms. The molecule has 0 bridgehead atoms. The van der Waals surface area contributed by atoms with E-state index in [2.05, 4.69) is 9.55 Å². The lowest BCUT2D eigenvalue weighted by Crippen LogP contribution is -2.02. The molecule has 1 aromatic carbocycles. The Kier molecular flexibility index (Phi) is 2.76. The second kappa shape index (κ2) is 4.18. The van der Waals surface area contributed by atoms with E-state index in [0.717, 1.165) is 17.1 Å². The van der Waals surface area contributed by atoms with Crippen LogP contribution < -0.4 is 5.73 Å². The highest BCUT2D eigenvalue weighted by Crippen LogP contribution is 2.41. The summed E-state index contributed by atoms with van der Waals surface area (Å²) in [6, 6.07) is 5.89. The molecule has 0 spiro atoms. The maximum absolute atomic E-state index is 6.19. The molecule has 3 rings (SSSR count). The Hall–Kier alpha value is -1.19. The predicted molar refractivity (Wildman–Crippen MR) is 75.1 cm³/mol. The molecule has 3 nitrogen and oxygen atoms in total. The third-order valence-corrected chi connectivity index (χ3v) is 3.61. The number of hydrogen-bond donors (Lipinski definition) is 1. The summed E-state index contributed by atoms with van der Waals surface area (Å²) in [7, 11) is 0. The van der Waals surface area contributed by atoms with Crippen LogP contribution in [0.1, 0.15) is 24.7 Å². The van der Waals surface area contributed by atoms with Crippen LogP contribution >= 0.6 is 23.2 Å². The van der Waals surface area contributed by atoms with Gasteiger partial charge in [-0.3, -0.25) is 0 Å². The van der Waals surface area contributed by atoms with Crippen molar-refractivity contribution in [3.63, 3.8) is 0 Å². The average Bonchev–Trinajstić information content (AvgIpc) is 3.04. The van der Waals surface area contributed by atoms with Crippen LogP contribution in [0.5, 0.6) is 0 Å². The smallest absolute Gasteiger partial charge is 0.131 e. The lowest BCUT2D eigenvalue weighted by Gasteiger charge is -2.05. The van der Waals surface area contributed by atoms with Gasteiger partial charge in [0.25, 0.3) is 0 Å². The molecule has 1 fully saturated rings. The number of benzene rings is 1. The molecule has 1 aliphatic rings. The fourth-order valence-electron chi connectivity index (χ4n) is 2.26. The Bertz CT molecular complexity index is 595. The number of aromatic nitrogens is 2. The molecular formula is C13H13Cl2N3. The zero-order chi connectivity index (χ0) is 12.9. The number of nitrogens with zero attached hydrogens (tertiary/aromatic N) is 2. The van der Waals surface area contributed by atoms with Crippen molar-refractivity contribution < 1.29 is 0 Å². The van der Waals surface area contributed by atoms with Crippen molar-refractivity contribution in [3.8, 4) is 11.3 Å². The minimum Gasteiger partial charge on any atom is -0.383 e. The van der Waals surface area contributed by atoms with Gasteiger partial charge in [-0.05, 0) is 38.0 Å². The fraction of sp³-hybridized carbons (Fsp3) is 0.308. The van der Waals surface area contributed by atoms with Crippen LogP contribution in [0.25, 0.3) is 11.3 Å². The van der Waals surface area contributed by atoms with Gasteiger partial charge in [0.15, 0.2) is 0 Å². The van der Waals surface area contributed by atoms with Crippen molar-refractivity contribution in [2.24, 2.45) is 0 Å². The van der Waals surface area contributed by atoms with E-state index in [9.17, 15) is 0 Å². The highest BCUT2D eigenvalue weighted by molar-refractivity contribution is 6.35. The monoisotopic (exact) mass is 281 g/mol. The number of anilines is 1. The van der Waals surface area contributed by atoms with Crippen LogP contribution in [0.2, 0.25) is 10.0 Å². The van der Waals surface area contributed by atoms with Gasteiger partial charge in [0.05, 0.1) is 0 Å². The van der Waals surface area contributed by atoms with Gasteiger partial charge in [0.2, 0.25) is 0 Å².